The first kappa shape index (κ1) is 18.4. The third-order valence-electron chi connectivity index (χ3n) is 3.79. The van der Waals surface area contributed by atoms with Gasteiger partial charge in [-0.3, -0.25) is 14.4 Å². The molecule has 25 heavy (non-hydrogen) atoms. The van der Waals surface area contributed by atoms with Crippen LogP contribution in [0, 0.1) is 0 Å². The first-order valence-corrected chi connectivity index (χ1v) is 8.10. The van der Waals surface area contributed by atoms with Gasteiger partial charge in [0.15, 0.2) is 0 Å². The van der Waals surface area contributed by atoms with Crippen molar-refractivity contribution in [3.8, 4) is 0 Å². The average Bonchev–Trinajstić information content (AvgIpc) is 2.57. The molecule has 3 N–H and O–H groups in total. The van der Waals surface area contributed by atoms with Crippen LogP contribution in [0.5, 0.6) is 0 Å². The van der Waals surface area contributed by atoms with Crippen LogP contribution in [-0.4, -0.2) is 28.1 Å². The van der Waals surface area contributed by atoms with E-state index in [0.29, 0.717) is 18.9 Å². The molecule has 7 nitrogen and oxygen atoms in total. The molecule has 7 heteroatoms. The number of primary amides is 1. The molecule has 0 atom stereocenters. The summed E-state index contributed by atoms with van der Waals surface area (Å²) in [7, 11) is 0. The summed E-state index contributed by atoms with van der Waals surface area (Å²) in [5.74, 6) is -0.621. The number of nitrogens with two attached hydrogens (primary N) is 1. The molecule has 0 aliphatic heterocycles. The van der Waals surface area contributed by atoms with E-state index in [-0.39, 0.29) is 18.1 Å². The largest absolute Gasteiger partial charge is 0.364 e. The van der Waals surface area contributed by atoms with Crippen molar-refractivity contribution in [3.05, 3.63) is 63.6 Å². The molecule has 0 fully saturated rings. The number of amides is 2. The van der Waals surface area contributed by atoms with Crippen LogP contribution in [-0.2, 0) is 17.8 Å². The number of nitrogens with zero attached hydrogens (tertiary/aromatic N) is 2. The van der Waals surface area contributed by atoms with E-state index in [1.54, 1.807) is 0 Å². The van der Waals surface area contributed by atoms with Crippen LogP contribution in [0.15, 0.2) is 41.2 Å². The van der Waals surface area contributed by atoms with Crippen LogP contribution in [0.1, 0.15) is 41.4 Å². The van der Waals surface area contributed by atoms with E-state index in [9.17, 15) is 14.4 Å². The van der Waals surface area contributed by atoms with Crippen LogP contribution >= 0.6 is 0 Å². The van der Waals surface area contributed by atoms with Gasteiger partial charge in [0.05, 0.1) is 0 Å². The smallest absolute Gasteiger partial charge is 0.269 e. The highest BCUT2D eigenvalue weighted by Crippen LogP contribution is 2.14. The molecular weight excluding hydrogens is 320 g/mol. The van der Waals surface area contributed by atoms with Crippen LogP contribution in [0.25, 0.3) is 0 Å². The van der Waals surface area contributed by atoms with Crippen LogP contribution in [0.3, 0.4) is 0 Å². The van der Waals surface area contributed by atoms with Crippen molar-refractivity contribution in [2.75, 3.05) is 6.54 Å². The van der Waals surface area contributed by atoms with Gasteiger partial charge < -0.3 is 11.1 Å². The molecule has 0 aliphatic rings. The zero-order valence-electron chi connectivity index (χ0n) is 14.4. The summed E-state index contributed by atoms with van der Waals surface area (Å²) in [4.78, 5) is 34.7. The fourth-order valence-electron chi connectivity index (χ4n) is 2.30. The Balaban J connectivity index is 1.88. The van der Waals surface area contributed by atoms with Crippen molar-refractivity contribution in [1.29, 1.82) is 0 Å². The maximum absolute atomic E-state index is 12.0. The number of hydrogen-bond donors (Lipinski definition) is 2. The van der Waals surface area contributed by atoms with Crippen molar-refractivity contribution >= 4 is 11.8 Å². The van der Waals surface area contributed by atoms with Gasteiger partial charge in [0, 0.05) is 12.6 Å². The van der Waals surface area contributed by atoms with Gasteiger partial charge in [-0.25, -0.2) is 4.68 Å². The van der Waals surface area contributed by atoms with Crippen molar-refractivity contribution in [1.82, 2.24) is 15.1 Å². The van der Waals surface area contributed by atoms with E-state index >= 15 is 0 Å². The topological polar surface area (TPSA) is 107 Å². The maximum atomic E-state index is 12.0. The van der Waals surface area contributed by atoms with Crippen molar-refractivity contribution in [2.45, 2.75) is 32.7 Å². The fraction of sp³-hybridized carbons (Fsp3) is 0.333. The van der Waals surface area contributed by atoms with Crippen LogP contribution in [0.2, 0.25) is 0 Å². The lowest BCUT2D eigenvalue weighted by atomic mass is 10.0. The minimum atomic E-state index is -0.751. The summed E-state index contributed by atoms with van der Waals surface area (Å²) in [6, 6.07) is 10.7. The number of nitrogens with one attached hydrogen (secondary N) is 1. The molecule has 0 spiro atoms. The van der Waals surface area contributed by atoms with Gasteiger partial charge in [0.1, 0.15) is 12.2 Å². The summed E-state index contributed by atoms with van der Waals surface area (Å²) in [5.41, 5.74) is 6.99. The zero-order chi connectivity index (χ0) is 18.4. The number of benzene rings is 1. The van der Waals surface area contributed by atoms with E-state index in [1.807, 2.05) is 12.1 Å². The van der Waals surface area contributed by atoms with Gasteiger partial charge in [-0.2, -0.15) is 5.10 Å². The van der Waals surface area contributed by atoms with Gasteiger partial charge in [-0.1, -0.05) is 38.1 Å². The number of aromatic nitrogens is 2. The Morgan fingerprint density at radius 2 is 1.84 bits per heavy atom. The Hall–Kier alpha value is -2.96. The van der Waals surface area contributed by atoms with E-state index in [4.69, 9.17) is 5.73 Å². The molecule has 132 valence electrons. The number of carbonyl (C=O) groups excluding carboxylic acids is 2. The SMILES string of the molecule is CC(C)c1ccc(CCNC(=O)Cn2nc(C(N)=O)ccc2=O)cc1. The highest BCUT2D eigenvalue weighted by atomic mass is 16.2. The van der Waals surface area contributed by atoms with Gasteiger partial charge in [-0.15, -0.1) is 0 Å². The summed E-state index contributed by atoms with van der Waals surface area (Å²) >= 11 is 0. The molecule has 1 heterocycles. The molecule has 0 unspecified atom stereocenters. The van der Waals surface area contributed by atoms with Crippen molar-refractivity contribution in [3.63, 3.8) is 0 Å². The molecule has 1 aromatic carbocycles. The van der Waals surface area contributed by atoms with Gasteiger partial charge in [0.25, 0.3) is 11.5 Å². The van der Waals surface area contributed by atoms with Crippen LogP contribution < -0.4 is 16.6 Å². The lowest BCUT2D eigenvalue weighted by Gasteiger charge is -2.09. The Labute approximate surface area is 145 Å². The van der Waals surface area contributed by atoms with Crippen molar-refractivity contribution < 1.29 is 9.59 Å². The predicted octanol–water partition coefficient (Wildman–Crippen LogP) is 0.824. The fourth-order valence-corrected chi connectivity index (χ4v) is 2.30. The molecule has 0 radical (unpaired) electrons. The summed E-state index contributed by atoms with van der Waals surface area (Å²) in [6.45, 7) is 4.47. The summed E-state index contributed by atoms with van der Waals surface area (Å²) < 4.78 is 0.923. The normalized spacial score (nSPS) is 10.7. The van der Waals surface area contributed by atoms with Gasteiger partial charge in [-0.05, 0) is 29.5 Å². The Morgan fingerprint density at radius 3 is 2.44 bits per heavy atom. The minimum Gasteiger partial charge on any atom is -0.364 e. The quantitative estimate of drug-likeness (QED) is 0.777. The Morgan fingerprint density at radius 1 is 1.16 bits per heavy atom. The molecule has 2 amide bonds. The van der Waals surface area contributed by atoms with E-state index < -0.39 is 11.5 Å². The standard InChI is InChI=1S/C18H22N4O3/c1-12(2)14-5-3-13(4-6-14)9-10-20-16(23)11-22-17(24)8-7-15(21-22)18(19)25/h3-8,12H,9-11H2,1-2H3,(H2,19,25)(H,20,23). The van der Waals surface area contributed by atoms with Crippen molar-refractivity contribution in [2.24, 2.45) is 5.73 Å². The average molecular weight is 342 g/mol. The lowest BCUT2D eigenvalue weighted by molar-refractivity contribution is -0.121. The molecule has 2 rings (SSSR count). The van der Waals surface area contributed by atoms with Crippen LogP contribution in [0.4, 0.5) is 0 Å². The second-order valence-electron chi connectivity index (χ2n) is 6.07. The molecule has 0 saturated carbocycles. The second-order valence-corrected chi connectivity index (χ2v) is 6.07. The predicted molar refractivity (Wildman–Crippen MR) is 94.3 cm³/mol. The zero-order valence-corrected chi connectivity index (χ0v) is 14.4. The summed E-state index contributed by atoms with van der Waals surface area (Å²) in [5, 5.41) is 6.51. The maximum Gasteiger partial charge on any atom is 0.269 e. The monoisotopic (exact) mass is 342 g/mol. The minimum absolute atomic E-state index is 0.0577. The highest BCUT2D eigenvalue weighted by Gasteiger charge is 2.09. The first-order chi connectivity index (χ1) is 11.9. The third kappa shape index (κ3) is 5.27. The Bertz CT molecular complexity index is 810. The second kappa shape index (κ2) is 8.23. The first-order valence-electron chi connectivity index (χ1n) is 8.10. The van der Waals surface area contributed by atoms with Gasteiger partial charge >= 0.3 is 0 Å². The number of hydrogen-bond acceptors (Lipinski definition) is 4. The van der Waals surface area contributed by atoms with E-state index in [1.165, 1.54) is 11.6 Å². The lowest BCUT2D eigenvalue weighted by Crippen LogP contribution is -2.35. The molecule has 0 bridgehead atoms. The van der Waals surface area contributed by atoms with E-state index in [0.717, 1.165) is 16.3 Å². The number of carbonyl (C=O) groups is 2. The molecular formula is C18H22N4O3. The molecule has 2 aromatic rings. The molecule has 0 saturated heterocycles. The van der Waals surface area contributed by atoms with E-state index in [2.05, 4.69) is 36.4 Å². The summed E-state index contributed by atoms with van der Waals surface area (Å²) in [6.07, 6.45) is 0.688. The molecule has 0 aliphatic carbocycles. The third-order valence-corrected chi connectivity index (χ3v) is 3.79. The highest BCUT2D eigenvalue weighted by molar-refractivity contribution is 5.90. The Kier molecular flexibility index (Phi) is 6.05. The number of rotatable bonds is 7. The van der Waals surface area contributed by atoms with Gasteiger partial charge in [0.2, 0.25) is 5.91 Å². The molecule has 1 aromatic heterocycles.